The molecule has 0 aliphatic carbocycles. The average Bonchev–Trinajstić information content (AvgIpc) is 3.42. The predicted octanol–water partition coefficient (Wildman–Crippen LogP) is 3.32. The highest BCUT2D eigenvalue weighted by Gasteiger charge is 2.29. The molecule has 0 atom stereocenters. The topological polar surface area (TPSA) is 119 Å². The van der Waals surface area contributed by atoms with Gasteiger partial charge in [-0.25, -0.2) is 8.78 Å². The Morgan fingerprint density at radius 2 is 1.80 bits per heavy atom. The third kappa shape index (κ3) is 7.63. The fraction of sp³-hybridized carbons (Fsp3) is 0.375. The molecule has 0 unspecified atom stereocenters. The third-order valence-corrected chi connectivity index (χ3v) is 6.46. The van der Waals surface area contributed by atoms with Gasteiger partial charge in [-0.15, -0.1) is 10.2 Å². The first-order chi connectivity index (χ1) is 19.0. The van der Waals surface area contributed by atoms with Gasteiger partial charge in [0, 0.05) is 49.9 Å². The number of H-pyrrole nitrogens is 1. The average molecular weight is 587 g/mol. The fourth-order valence-electron chi connectivity index (χ4n) is 4.12. The molecule has 0 bridgehead atoms. The Balaban J connectivity index is 1.40. The van der Waals surface area contributed by atoms with Crippen LogP contribution >= 0.6 is 11.6 Å². The van der Waals surface area contributed by atoms with Gasteiger partial charge in [-0.05, 0) is 24.3 Å². The summed E-state index contributed by atoms with van der Waals surface area (Å²) in [5, 5.41) is 18.1. The molecule has 2 heterocycles. The molecule has 1 aliphatic heterocycles. The summed E-state index contributed by atoms with van der Waals surface area (Å²) in [4.78, 5) is 28.4. The highest BCUT2D eigenvalue weighted by molar-refractivity contribution is 6.31. The van der Waals surface area contributed by atoms with Gasteiger partial charge in [-0.3, -0.25) is 14.5 Å². The second-order valence-corrected chi connectivity index (χ2v) is 9.43. The van der Waals surface area contributed by atoms with Crippen molar-refractivity contribution in [1.82, 2.24) is 30.8 Å². The number of anilines is 2. The lowest BCUT2D eigenvalue weighted by Crippen LogP contribution is -2.47. The molecule has 2 aromatic carbocycles. The van der Waals surface area contributed by atoms with Crippen molar-refractivity contribution in [2.24, 2.45) is 0 Å². The van der Waals surface area contributed by atoms with Crippen LogP contribution in [0.25, 0.3) is 0 Å². The van der Waals surface area contributed by atoms with Gasteiger partial charge in [-0.2, -0.15) is 18.4 Å². The van der Waals surface area contributed by atoms with Gasteiger partial charge in [0.2, 0.25) is 5.91 Å². The number of rotatable bonds is 9. The first kappa shape index (κ1) is 29.1. The Kier molecular flexibility index (Phi) is 9.14. The molecule has 0 saturated carbocycles. The maximum atomic E-state index is 14.9. The second-order valence-electron chi connectivity index (χ2n) is 8.99. The van der Waals surface area contributed by atoms with E-state index in [1.54, 1.807) is 11.0 Å². The maximum Gasteiger partial charge on any atom is 0.390 e. The summed E-state index contributed by atoms with van der Waals surface area (Å²) in [6.45, 7) is 1.03. The molecule has 1 aromatic heterocycles. The number of alkyl halides is 3. The zero-order valence-corrected chi connectivity index (χ0v) is 21.6. The Labute approximate surface area is 229 Å². The quantitative estimate of drug-likeness (QED) is 0.329. The van der Waals surface area contributed by atoms with Gasteiger partial charge in [0.05, 0.1) is 29.8 Å². The Morgan fingerprint density at radius 1 is 1.05 bits per heavy atom. The summed E-state index contributed by atoms with van der Waals surface area (Å²) in [7, 11) is 0. The Morgan fingerprint density at radius 3 is 2.48 bits per heavy atom. The smallest absolute Gasteiger partial charge is 0.367 e. The summed E-state index contributed by atoms with van der Waals surface area (Å²) in [6.07, 6.45) is -5.36. The normalized spacial score (nSPS) is 14.3. The van der Waals surface area contributed by atoms with Crippen LogP contribution in [0.5, 0.6) is 0 Å². The van der Waals surface area contributed by atoms with Crippen LogP contribution in [0.1, 0.15) is 28.2 Å². The van der Waals surface area contributed by atoms with Gasteiger partial charge in [0.25, 0.3) is 5.91 Å². The van der Waals surface area contributed by atoms with Crippen molar-refractivity contribution in [3.63, 3.8) is 0 Å². The molecule has 10 nitrogen and oxygen atoms in total. The number of aromatic nitrogens is 4. The molecule has 214 valence electrons. The molecule has 1 saturated heterocycles. The molecule has 16 heteroatoms. The molecule has 3 aromatic rings. The number of hydrogen-bond donors (Lipinski definition) is 3. The van der Waals surface area contributed by atoms with Crippen LogP contribution < -0.4 is 15.5 Å². The highest BCUT2D eigenvalue weighted by Crippen LogP contribution is 2.31. The first-order valence-corrected chi connectivity index (χ1v) is 12.5. The van der Waals surface area contributed by atoms with Crippen LogP contribution in [-0.2, 0) is 17.8 Å². The van der Waals surface area contributed by atoms with Crippen molar-refractivity contribution in [3.8, 4) is 0 Å². The van der Waals surface area contributed by atoms with E-state index < -0.39 is 41.6 Å². The monoisotopic (exact) mass is 586 g/mol. The maximum absolute atomic E-state index is 14.9. The van der Waals surface area contributed by atoms with Gasteiger partial charge in [-0.1, -0.05) is 22.9 Å². The van der Waals surface area contributed by atoms with E-state index in [1.165, 1.54) is 18.2 Å². The van der Waals surface area contributed by atoms with E-state index in [9.17, 15) is 31.5 Å². The summed E-state index contributed by atoms with van der Waals surface area (Å²) in [5.41, 5.74) is 0.0391. The molecule has 4 rings (SSSR count). The van der Waals surface area contributed by atoms with Gasteiger partial charge in [0.15, 0.2) is 17.5 Å². The largest absolute Gasteiger partial charge is 0.390 e. The van der Waals surface area contributed by atoms with Crippen LogP contribution in [0.3, 0.4) is 0 Å². The van der Waals surface area contributed by atoms with Crippen LogP contribution in [-0.4, -0.2) is 76.2 Å². The van der Waals surface area contributed by atoms with E-state index in [-0.39, 0.29) is 36.6 Å². The van der Waals surface area contributed by atoms with Crippen LogP contribution in [0.2, 0.25) is 5.02 Å². The predicted molar refractivity (Wildman–Crippen MR) is 135 cm³/mol. The number of carbonyl (C=O) groups is 2. The van der Waals surface area contributed by atoms with E-state index in [4.69, 9.17) is 11.6 Å². The van der Waals surface area contributed by atoms with Crippen molar-refractivity contribution < 1.29 is 31.5 Å². The van der Waals surface area contributed by atoms with Crippen molar-refractivity contribution in [1.29, 1.82) is 0 Å². The van der Waals surface area contributed by atoms with Crippen molar-refractivity contribution in [3.05, 3.63) is 63.9 Å². The van der Waals surface area contributed by atoms with E-state index >= 15 is 0 Å². The lowest BCUT2D eigenvalue weighted by molar-refractivity contribution is -0.138. The van der Waals surface area contributed by atoms with Crippen LogP contribution in [0.15, 0.2) is 30.3 Å². The molecule has 1 aliphatic rings. The van der Waals surface area contributed by atoms with Crippen LogP contribution in [0, 0.1) is 11.6 Å². The fourth-order valence-corrected chi connectivity index (χ4v) is 4.28. The molecule has 3 N–H and O–H groups in total. The number of tetrazole rings is 1. The molecule has 40 heavy (non-hydrogen) atoms. The third-order valence-electron chi connectivity index (χ3n) is 6.22. The van der Waals surface area contributed by atoms with E-state index in [2.05, 4.69) is 31.3 Å². The molecule has 2 amide bonds. The Bertz CT molecular complexity index is 1350. The summed E-state index contributed by atoms with van der Waals surface area (Å²) >= 11 is 6.15. The number of benzene rings is 2. The molecule has 0 spiro atoms. The highest BCUT2D eigenvalue weighted by atomic mass is 35.5. The minimum atomic E-state index is -4.24. The lowest BCUT2D eigenvalue weighted by atomic mass is 10.1. The first-order valence-electron chi connectivity index (χ1n) is 12.1. The van der Waals surface area contributed by atoms with Crippen molar-refractivity contribution in [2.45, 2.75) is 25.6 Å². The van der Waals surface area contributed by atoms with E-state index in [0.717, 1.165) is 6.07 Å². The molecular formula is C24H24ClF5N8O2. The van der Waals surface area contributed by atoms with Gasteiger partial charge < -0.3 is 15.5 Å². The number of halogens is 6. The number of carbonyl (C=O) groups excluding carboxylic acids is 2. The molecular weight excluding hydrogens is 563 g/mol. The molecule has 1 fully saturated rings. The second kappa shape index (κ2) is 12.6. The standard InChI is InChI=1S/C24H24ClF5N8O2/c25-15-2-4-17(18(11-15)38-9-7-37(8-10-38)6-5-24(28,29)30)32-23(40)16-3-1-14(21(26)22(16)27)13-31-20(39)12-19-33-35-36-34-19/h1-4,11H,5-10,12-13H2,(H,31,39)(H,32,40)(H,33,34,35,36). The number of piperazine rings is 1. The van der Waals surface area contributed by atoms with Crippen molar-refractivity contribution >= 4 is 34.8 Å². The summed E-state index contributed by atoms with van der Waals surface area (Å²) < 4.78 is 67.3. The SMILES string of the molecule is O=C(Cc1nn[nH]n1)NCc1ccc(C(=O)Nc2ccc(Cl)cc2N2CCN(CCC(F)(F)F)CC2)c(F)c1F. The van der Waals surface area contributed by atoms with Crippen LogP contribution in [0.4, 0.5) is 33.3 Å². The van der Waals surface area contributed by atoms with E-state index in [1.807, 2.05) is 4.90 Å². The minimum Gasteiger partial charge on any atom is -0.367 e. The Hall–Kier alpha value is -3.85. The van der Waals surface area contributed by atoms with Crippen molar-refractivity contribution in [2.75, 3.05) is 42.9 Å². The zero-order valence-electron chi connectivity index (χ0n) is 20.9. The van der Waals surface area contributed by atoms with E-state index in [0.29, 0.717) is 36.9 Å². The lowest BCUT2D eigenvalue weighted by Gasteiger charge is -2.37. The summed E-state index contributed by atoms with van der Waals surface area (Å²) in [5.74, 6) is -4.02. The van der Waals surface area contributed by atoms with Gasteiger partial charge in [0.1, 0.15) is 0 Å². The number of amides is 2. The van der Waals surface area contributed by atoms with Gasteiger partial charge >= 0.3 is 6.18 Å². The zero-order chi connectivity index (χ0) is 28.9. The number of nitrogens with one attached hydrogen (secondary N) is 3. The number of aromatic amines is 1. The molecule has 0 radical (unpaired) electrons. The number of nitrogens with zero attached hydrogens (tertiary/aromatic N) is 5. The minimum absolute atomic E-state index is 0.111. The summed E-state index contributed by atoms with van der Waals surface area (Å²) in [6, 6.07) is 6.89. The number of hydrogen-bond acceptors (Lipinski definition) is 7.